The van der Waals surface area contributed by atoms with E-state index in [1.807, 2.05) is 7.05 Å². The van der Waals surface area contributed by atoms with Crippen LogP contribution < -0.4 is 5.32 Å². The molecule has 1 heterocycles. The van der Waals surface area contributed by atoms with Crippen LogP contribution in [0.15, 0.2) is 0 Å². The van der Waals surface area contributed by atoms with Crippen molar-refractivity contribution in [1.29, 1.82) is 0 Å². The topological polar surface area (TPSA) is 35.5 Å². The van der Waals surface area contributed by atoms with Gasteiger partial charge in [-0.1, -0.05) is 6.42 Å². The monoisotopic (exact) mass is 200 g/mol. The predicted octanol–water partition coefficient (Wildman–Crippen LogP) is 0.831. The minimum absolute atomic E-state index is 0.249. The lowest BCUT2D eigenvalue weighted by Crippen LogP contribution is -2.41. The molecule has 1 aliphatic rings. The van der Waals surface area contributed by atoms with E-state index >= 15 is 0 Å². The lowest BCUT2D eigenvalue weighted by atomic mass is 10.0. The normalized spacial score (nSPS) is 26.4. The minimum Gasteiger partial charge on any atom is -0.395 e. The highest BCUT2D eigenvalue weighted by Crippen LogP contribution is 2.16. The smallest absolute Gasteiger partial charge is 0.0585 e. The van der Waals surface area contributed by atoms with Crippen LogP contribution in [0.2, 0.25) is 0 Å². The Balaban J connectivity index is 2.21. The number of piperidine rings is 1. The largest absolute Gasteiger partial charge is 0.395 e. The second kappa shape index (κ2) is 6.38. The molecular formula is C11H24N2O. The number of nitrogens with zero attached hydrogens (tertiary/aromatic N) is 1. The van der Waals surface area contributed by atoms with Crippen molar-refractivity contribution in [1.82, 2.24) is 10.2 Å². The first kappa shape index (κ1) is 12.0. The molecule has 14 heavy (non-hydrogen) atoms. The van der Waals surface area contributed by atoms with Crippen LogP contribution in [0.25, 0.3) is 0 Å². The maximum atomic E-state index is 9.04. The summed E-state index contributed by atoms with van der Waals surface area (Å²) in [6, 6.07) is 1.00. The zero-order valence-corrected chi connectivity index (χ0v) is 9.50. The van der Waals surface area contributed by atoms with Gasteiger partial charge in [-0.25, -0.2) is 0 Å². The summed E-state index contributed by atoms with van der Waals surface area (Å²) in [5.41, 5.74) is 0. The van der Waals surface area contributed by atoms with Gasteiger partial charge in [-0.3, -0.25) is 0 Å². The van der Waals surface area contributed by atoms with Crippen LogP contribution in [0.3, 0.4) is 0 Å². The molecule has 0 bridgehead atoms. The molecule has 1 rings (SSSR count). The lowest BCUT2D eigenvalue weighted by Gasteiger charge is -2.34. The van der Waals surface area contributed by atoms with Gasteiger partial charge < -0.3 is 15.3 Å². The minimum atomic E-state index is 0.249. The average Bonchev–Trinajstić information content (AvgIpc) is 2.22. The molecule has 2 atom stereocenters. The van der Waals surface area contributed by atoms with Crippen molar-refractivity contribution in [3.63, 3.8) is 0 Å². The zero-order valence-electron chi connectivity index (χ0n) is 9.50. The van der Waals surface area contributed by atoms with Gasteiger partial charge >= 0.3 is 0 Å². The molecular weight excluding hydrogens is 176 g/mol. The molecule has 0 spiro atoms. The third kappa shape index (κ3) is 3.56. The van der Waals surface area contributed by atoms with E-state index in [4.69, 9.17) is 5.11 Å². The molecule has 1 saturated heterocycles. The first-order valence-electron chi connectivity index (χ1n) is 5.80. The molecule has 0 aromatic rings. The van der Waals surface area contributed by atoms with E-state index in [1.165, 1.54) is 25.8 Å². The molecule has 84 valence electrons. The van der Waals surface area contributed by atoms with Crippen molar-refractivity contribution in [2.75, 3.05) is 26.7 Å². The van der Waals surface area contributed by atoms with Crippen LogP contribution in [-0.4, -0.2) is 48.8 Å². The van der Waals surface area contributed by atoms with Crippen molar-refractivity contribution in [2.45, 2.75) is 44.7 Å². The third-order valence-corrected chi connectivity index (χ3v) is 3.33. The Morgan fingerprint density at radius 1 is 1.50 bits per heavy atom. The molecule has 3 heteroatoms. The number of likely N-dealkylation sites (tertiary alicyclic amines) is 1. The molecule has 0 aromatic carbocycles. The number of aliphatic hydroxyl groups excluding tert-OH is 1. The van der Waals surface area contributed by atoms with Gasteiger partial charge in [-0.15, -0.1) is 0 Å². The quantitative estimate of drug-likeness (QED) is 0.690. The van der Waals surface area contributed by atoms with E-state index in [-0.39, 0.29) is 12.6 Å². The Labute approximate surface area is 87.5 Å². The average molecular weight is 200 g/mol. The summed E-state index contributed by atoms with van der Waals surface area (Å²) < 4.78 is 0. The molecule has 0 aromatic heterocycles. The summed E-state index contributed by atoms with van der Waals surface area (Å²) >= 11 is 0. The summed E-state index contributed by atoms with van der Waals surface area (Å²) in [5.74, 6) is 0. The van der Waals surface area contributed by atoms with Gasteiger partial charge in [0.25, 0.3) is 0 Å². The van der Waals surface area contributed by atoms with Gasteiger partial charge in [0, 0.05) is 12.1 Å². The highest BCUT2D eigenvalue weighted by molar-refractivity contribution is 4.75. The van der Waals surface area contributed by atoms with E-state index in [0.29, 0.717) is 0 Å². The van der Waals surface area contributed by atoms with E-state index < -0.39 is 0 Å². The van der Waals surface area contributed by atoms with E-state index in [2.05, 4.69) is 17.1 Å². The number of likely N-dealkylation sites (N-methyl/N-ethyl adjacent to an activating group) is 1. The van der Waals surface area contributed by atoms with Gasteiger partial charge in [0.15, 0.2) is 0 Å². The maximum Gasteiger partial charge on any atom is 0.0585 e. The van der Waals surface area contributed by atoms with Crippen molar-refractivity contribution >= 4 is 0 Å². The number of hydrogen-bond donors (Lipinski definition) is 2. The molecule has 1 fully saturated rings. The molecule has 3 nitrogen and oxygen atoms in total. The molecule has 0 saturated carbocycles. The van der Waals surface area contributed by atoms with Crippen LogP contribution in [0.4, 0.5) is 0 Å². The van der Waals surface area contributed by atoms with Gasteiger partial charge in [0.1, 0.15) is 0 Å². The second-order valence-corrected chi connectivity index (χ2v) is 4.34. The lowest BCUT2D eigenvalue weighted by molar-refractivity contribution is 0.144. The van der Waals surface area contributed by atoms with Crippen molar-refractivity contribution < 1.29 is 5.11 Å². The molecule has 2 unspecified atom stereocenters. The molecule has 0 radical (unpaired) electrons. The fourth-order valence-electron chi connectivity index (χ4n) is 2.14. The van der Waals surface area contributed by atoms with Crippen LogP contribution in [0.1, 0.15) is 32.6 Å². The summed E-state index contributed by atoms with van der Waals surface area (Å²) in [4.78, 5) is 2.55. The predicted molar refractivity (Wildman–Crippen MR) is 59.4 cm³/mol. The SMILES string of the molecule is CNC(CO)CCN1CCCCC1C. The summed E-state index contributed by atoms with van der Waals surface area (Å²) in [6.45, 7) is 4.92. The fourth-order valence-corrected chi connectivity index (χ4v) is 2.14. The van der Waals surface area contributed by atoms with E-state index in [9.17, 15) is 0 Å². The van der Waals surface area contributed by atoms with Gasteiger partial charge in [0.05, 0.1) is 6.61 Å². The maximum absolute atomic E-state index is 9.04. The summed E-state index contributed by atoms with van der Waals surface area (Å²) in [7, 11) is 1.92. The molecule has 0 amide bonds. The van der Waals surface area contributed by atoms with Crippen molar-refractivity contribution in [2.24, 2.45) is 0 Å². The zero-order chi connectivity index (χ0) is 10.4. The van der Waals surface area contributed by atoms with Gasteiger partial charge in [-0.2, -0.15) is 0 Å². The van der Waals surface area contributed by atoms with E-state index in [0.717, 1.165) is 19.0 Å². The Bertz CT molecular complexity index is 148. The van der Waals surface area contributed by atoms with Crippen molar-refractivity contribution in [3.05, 3.63) is 0 Å². The third-order valence-electron chi connectivity index (χ3n) is 3.33. The fraction of sp³-hybridized carbons (Fsp3) is 1.00. The highest BCUT2D eigenvalue weighted by Gasteiger charge is 2.18. The Kier molecular flexibility index (Phi) is 5.45. The molecule has 2 N–H and O–H groups in total. The second-order valence-electron chi connectivity index (χ2n) is 4.34. The first-order chi connectivity index (χ1) is 6.77. The standard InChI is InChI=1S/C11H24N2O/c1-10-5-3-4-7-13(10)8-6-11(9-14)12-2/h10-12,14H,3-9H2,1-2H3. The number of hydrogen-bond acceptors (Lipinski definition) is 3. The summed E-state index contributed by atoms with van der Waals surface area (Å²) in [5, 5.41) is 12.2. The Hall–Kier alpha value is -0.120. The number of nitrogens with one attached hydrogen (secondary N) is 1. The van der Waals surface area contributed by atoms with Crippen LogP contribution in [0, 0.1) is 0 Å². The van der Waals surface area contributed by atoms with Crippen molar-refractivity contribution in [3.8, 4) is 0 Å². The number of rotatable bonds is 5. The van der Waals surface area contributed by atoms with Crippen LogP contribution in [0.5, 0.6) is 0 Å². The molecule has 0 aliphatic carbocycles. The number of aliphatic hydroxyl groups is 1. The highest BCUT2D eigenvalue weighted by atomic mass is 16.3. The van der Waals surface area contributed by atoms with Gasteiger partial charge in [0.2, 0.25) is 0 Å². The van der Waals surface area contributed by atoms with Crippen LogP contribution >= 0.6 is 0 Å². The first-order valence-corrected chi connectivity index (χ1v) is 5.80. The van der Waals surface area contributed by atoms with E-state index in [1.54, 1.807) is 0 Å². The van der Waals surface area contributed by atoms with Crippen LogP contribution in [-0.2, 0) is 0 Å². The Morgan fingerprint density at radius 3 is 2.86 bits per heavy atom. The Morgan fingerprint density at radius 2 is 2.29 bits per heavy atom. The summed E-state index contributed by atoms with van der Waals surface area (Å²) in [6.07, 6.45) is 5.11. The molecule has 1 aliphatic heterocycles. The van der Waals surface area contributed by atoms with Gasteiger partial charge in [-0.05, 0) is 46.3 Å².